The van der Waals surface area contributed by atoms with Crippen LogP contribution in [0.4, 0.5) is 5.69 Å². The van der Waals surface area contributed by atoms with Crippen LogP contribution in [0.5, 0.6) is 11.5 Å². The van der Waals surface area contributed by atoms with Crippen LogP contribution in [0.1, 0.15) is 19.3 Å². The maximum absolute atomic E-state index is 12.1. The molecule has 1 fully saturated rings. The minimum atomic E-state index is -0.0443. The normalized spacial score (nSPS) is 20.2. The fourth-order valence-electron chi connectivity index (χ4n) is 2.78. The van der Waals surface area contributed by atoms with Crippen molar-refractivity contribution in [3.8, 4) is 11.5 Å². The standard InChI is InChI=1S/C16H22N2O4/c1-18(9-13-4-2-3-7-20-13)10-16(19)17-12-5-6-14-15(8-12)22-11-21-14/h5-6,8,13H,2-4,7,9-11H2,1H3,(H,17,19). The second kappa shape index (κ2) is 6.98. The summed E-state index contributed by atoms with van der Waals surface area (Å²) in [6.07, 6.45) is 3.68. The van der Waals surface area contributed by atoms with Crippen LogP contribution in [0.25, 0.3) is 0 Å². The van der Waals surface area contributed by atoms with Gasteiger partial charge in [-0.3, -0.25) is 9.69 Å². The number of rotatable bonds is 5. The number of ether oxygens (including phenoxy) is 3. The fourth-order valence-corrected chi connectivity index (χ4v) is 2.78. The average Bonchev–Trinajstić information content (AvgIpc) is 2.95. The molecule has 0 bridgehead atoms. The summed E-state index contributed by atoms with van der Waals surface area (Å²) in [5.74, 6) is 1.34. The number of nitrogens with zero attached hydrogens (tertiary/aromatic N) is 1. The first-order valence-corrected chi connectivity index (χ1v) is 7.70. The number of hydrogen-bond donors (Lipinski definition) is 1. The monoisotopic (exact) mass is 306 g/mol. The first kappa shape index (κ1) is 15.1. The third-order valence-electron chi connectivity index (χ3n) is 3.86. The van der Waals surface area contributed by atoms with Crippen molar-refractivity contribution in [3.05, 3.63) is 18.2 Å². The summed E-state index contributed by atoms with van der Waals surface area (Å²) in [4.78, 5) is 14.1. The van der Waals surface area contributed by atoms with Gasteiger partial charge in [-0.05, 0) is 38.4 Å². The summed E-state index contributed by atoms with van der Waals surface area (Å²) in [5, 5.41) is 2.88. The van der Waals surface area contributed by atoms with Gasteiger partial charge in [-0.25, -0.2) is 0 Å². The number of carbonyl (C=O) groups excluding carboxylic acids is 1. The van der Waals surface area contributed by atoms with Crippen molar-refractivity contribution in [2.45, 2.75) is 25.4 Å². The Balaban J connectivity index is 1.47. The number of anilines is 1. The molecule has 2 heterocycles. The van der Waals surface area contributed by atoms with Gasteiger partial charge in [-0.2, -0.15) is 0 Å². The van der Waals surface area contributed by atoms with Crippen molar-refractivity contribution in [1.29, 1.82) is 0 Å². The molecule has 2 aliphatic rings. The lowest BCUT2D eigenvalue weighted by atomic mass is 10.1. The van der Waals surface area contributed by atoms with Gasteiger partial charge in [0.15, 0.2) is 11.5 Å². The second-order valence-corrected chi connectivity index (χ2v) is 5.80. The molecule has 0 aromatic heterocycles. The van der Waals surface area contributed by atoms with Crippen molar-refractivity contribution >= 4 is 11.6 Å². The van der Waals surface area contributed by atoms with Crippen LogP contribution in [-0.4, -0.2) is 50.4 Å². The summed E-state index contributed by atoms with van der Waals surface area (Å²) < 4.78 is 16.2. The van der Waals surface area contributed by atoms with Gasteiger partial charge in [0.25, 0.3) is 0 Å². The molecule has 1 aromatic rings. The Morgan fingerprint density at radius 3 is 3.00 bits per heavy atom. The van der Waals surface area contributed by atoms with E-state index in [2.05, 4.69) is 5.32 Å². The number of benzene rings is 1. The fraction of sp³-hybridized carbons (Fsp3) is 0.562. The van der Waals surface area contributed by atoms with Crippen LogP contribution < -0.4 is 14.8 Å². The zero-order valence-corrected chi connectivity index (χ0v) is 12.8. The lowest BCUT2D eigenvalue weighted by Crippen LogP contribution is -2.37. The molecule has 1 N–H and O–H groups in total. The molecule has 1 unspecified atom stereocenters. The molecular weight excluding hydrogens is 284 g/mol. The van der Waals surface area contributed by atoms with E-state index in [4.69, 9.17) is 14.2 Å². The largest absolute Gasteiger partial charge is 0.454 e. The SMILES string of the molecule is CN(CC(=O)Nc1ccc2c(c1)OCO2)CC1CCCCO1. The molecule has 0 spiro atoms. The highest BCUT2D eigenvalue weighted by molar-refractivity contribution is 5.92. The Morgan fingerprint density at radius 1 is 1.32 bits per heavy atom. The van der Waals surface area contributed by atoms with Crippen LogP contribution >= 0.6 is 0 Å². The van der Waals surface area contributed by atoms with Gasteiger partial charge in [0.1, 0.15) is 0 Å². The molecule has 0 radical (unpaired) electrons. The van der Waals surface area contributed by atoms with Gasteiger partial charge < -0.3 is 19.5 Å². The van der Waals surface area contributed by atoms with Crippen LogP contribution in [0.15, 0.2) is 18.2 Å². The van der Waals surface area contributed by atoms with E-state index in [-0.39, 0.29) is 18.8 Å². The highest BCUT2D eigenvalue weighted by Crippen LogP contribution is 2.34. The molecule has 6 heteroatoms. The quantitative estimate of drug-likeness (QED) is 0.899. The maximum Gasteiger partial charge on any atom is 0.238 e. The molecule has 2 aliphatic heterocycles. The third kappa shape index (κ3) is 3.90. The second-order valence-electron chi connectivity index (χ2n) is 5.80. The van der Waals surface area contributed by atoms with E-state index in [1.807, 2.05) is 18.0 Å². The molecule has 1 saturated heterocycles. The molecule has 1 atom stereocenters. The molecule has 3 rings (SSSR count). The van der Waals surface area contributed by atoms with Crippen LogP contribution in [0, 0.1) is 0 Å². The summed E-state index contributed by atoms with van der Waals surface area (Å²) in [6, 6.07) is 5.40. The number of likely N-dealkylation sites (N-methyl/N-ethyl adjacent to an activating group) is 1. The first-order valence-electron chi connectivity index (χ1n) is 7.70. The van der Waals surface area contributed by atoms with E-state index in [0.29, 0.717) is 18.0 Å². The Kier molecular flexibility index (Phi) is 4.80. The van der Waals surface area contributed by atoms with Crippen LogP contribution in [-0.2, 0) is 9.53 Å². The molecule has 1 amide bonds. The number of amides is 1. The van der Waals surface area contributed by atoms with Crippen molar-refractivity contribution < 1.29 is 19.0 Å². The van der Waals surface area contributed by atoms with Gasteiger partial charge >= 0.3 is 0 Å². The number of hydrogen-bond acceptors (Lipinski definition) is 5. The first-order chi connectivity index (χ1) is 10.7. The number of fused-ring (bicyclic) bond motifs is 1. The summed E-state index contributed by atoms with van der Waals surface area (Å²) in [6.45, 7) is 2.20. The maximum atomic E-state index is 12.1. The molecule has 0 aliphatic carbocycles. The number of nitrogens with one attached hydrogen (secondary N) is 1. The minimum absolute atomic E-state index is 0.0443. The van der Waals surface area contributed by atoms with Gasteiger partial charge in [0, 0.05) is 24.9 Å². The highest BCUT2D eigenvalue weighted by Gasteiger charge is 2.18. The number of carbonyl (C=O) groups is 1. The average molecular weight is 306 g/mol. The van der Waals surface area contributed by atoms with Gasteiger partial charge in [0.2, 0.25) is 12.7 Å². The Bertz CT molecular complexity index is 529. The van der Waals surface area contributed by atoms with Crippen LogP contribution in [0.3, 0.4) is 0 Å². The van der Waals surface area contributed by atoms with E-state index in [1.165, 1.54) is 6.42 Å². The molecule has 0 saturated carbocycles. The topological polar surface area (TPSA) is 60.0 Å². The molecule has 6 nitrogen and oxygen atoms in total. The van der Waals surface area contributed by atoms with E-state index >= 15 is 0 Å². The Labute approximate surface area is 130 Å². The molecule has 1 aromatic carbocycles. The summed E-state index contributed by atoms with van der Waals surface area (Å²) >= 11 is 0. The van der Waals surface area contributed by atoms with Gasteiger partial charge in [0.05, 0.1) is 12.6 Å². The summed E-state index contributed by atoms with van der Waals surface area (Å²) in [7, 11) is 1.94. The van der Waals surface area contributed by atoms with E-state index < -0.39 is 0 Å². The Hall–Kier alpha value is -1.79. The predicted octanol–water partition coefficient (Wildman–Crippen LogP) is 1.85. The molecule has 22 heavy (non-hydrogen) atoms. The summed E-state index contributed by atoms with van der Waals surface area (Å²) in [5.41, 5.74) is 0.719. The minimum Gasteiger partial charge on any atom is -0.454 e. The van der Waals surface area contributed by atoms with Crippen molar-refractivity contribution in [2.24, 2.45) is 0 Å². The van der Waals surface area contributed by atoms with Crippen molar-refractivity contribution in [1.82, 2.24) is 4.90 Å². The van der Waals surface area contributed by atoms with Crippen molar-refractivity contribution in [2.75, 3.05) is 38.9 Å². The molecular formula is C16H22N2O4. The Morgan fingerprint density at radius 2 is 2.18 bits per heavy atom. The van der Waals surface area contributed by atoms with Crippen LogP contribution in [0.2, 0.25) is 0 Å². The smallest absolute Gasteiger partial charge is 0.238 e. The lowest BCUT2D eigenvalue weighted by molar-refractivity contribution is -0.117. The highest BCUT2D eigenvalue weighted by atomic mass is 16.7. The van der Waals surface area contributed by atoms with E-state index in [0.717, 1.165) is 31.7 Å². The lowest BCUT2D eigenvalue weighted by Gasteiger charge is -2.27. The van der Waals surface area contributed by atoms with E-state index in [1.54, 1.807) is 12.1 Å². The van der Waals surface area contributed by atoms with Gasteiger partial charge in [-0.15, -0.1) is 0 Å². The van der Waals surface area contributed by atoms with Gasteiger partial charge in [-0.1, -0.05) is 0 Å². The van der Waals surface area contributed by atoms with E-state index in [9.17, 15) is 4.79 Å². The zero-order valence-electron chi connectivity index (χ0n) is 12.8. The third-order valence-corrected chi connectivity index (χ3v) is 3.86. The van der Waals surface area contributed by atoms with Crippen molar-refractivity contribution in [3.63, 3.8) is 0 Å². The zero-order chi connectivity index (χ0) is 15.4. The predicted molar refractivity (Wildman–Crippen MR) is 82.3 cm³/mol. The molecule has 120 valence electrons.